The molecule has 0 atom stereocenters. The average molecular weight is 304 g/mol. The summed E-state index contributed by atoms with van der Waals surface area (Å²) in [4.78, 5) is 13.7. The number of hydrazone groups is 1. The van der Waals surface area contributed by atoms with E-state index in [-0.39, 0.29) is 18.5 Å². The van der Waals surface area contributed by atoms with Crippen molar-refractivity contribution in [2.24, 2.45) is 16.6 Å². The van der Waals surface area contributed by atoms with Gasteiger partial charge in [-0.25, -0.2) is 0 Å². The van der Waals surface area contributed by atoms with E-state index in [0.717, 1.165) is 37.2 Å². The molecule has 1 saturated heterocycles. The number of amides is 1. The van der Waals surface area contributed by atoms with Gasteiger partial charge in [0.15, 0.2) is 6.61 Å². The molecule has 1 aromatic rings. The van der Waals surface area contributed by atoms with Crippen LogP contribution in [0.25, 0.3) is 0 Å². The molecule has 0 aliphatic carbocycles. The molecule has 1 aliphatic rings. The number of carbonyl (C=O) groups excluding carboxylic acids is 1. The van der Waals surface area contributed by atoms with Crippen molar-refractivity contribution < 1.29 is 14.6 Å². The minimum atomic E-state index is 0.0393. The van der Waals surface area contributed by atoms with E-state index in [1.165, 1.54) is 0 Å². The normalized spacial score (nSPS) is 14.8. The van der Waals surface area contributed by atoms with Crippen LogP contribution in [-0.4, -0.2) is 42.2 Å². The van der Waals surface area contributed by atoms with Crippen molar-refractivity contribution in [2.45, 2.75) is 19.8 Å². The second-order valence-corrected chi connectivity index (χ2v) is 5.17. The van der Waals surface area contributed by atoms with Gasteiger partial charge in [0.1, 0.15) is 5.75 Å². The summed E-state index contributed by atoms with van der Waals surface area (Å²) in [5, 5.41) is 6.54. The molecule has 2 rings (SSSR count). The Bertz CT molecular complexity index is 570. The molecule has 1 aliphatic heterocycles. The number of likely N-dealkylation sites (tertiary alicyclic amines) is 1. The summed E-state index contributed by atoms with van der Waals surface area (Å²) in [5.41, 5.74) is 12.2. The van der Waals surface area contributed by atoms with E-state index in [1.807, 2.05) is 24.0 Å². The van der Waals surface area contributed by atoms with Crippen molar-refractivity contribution in [3.05, 3.63) is 29.8 Å². The van der Waals surface area contributed by atoms with Gasteiger partial charge in [0.25, 0.3) is 5.91 Å². The summed E-state index contributed by atoms with van der Waals surface area (Å²) in [7, 11) is 0. The highest BCUT2D eigenvalue weighted by molar-refractivity contribution is 5.98. The summed E-state index contributed by atoms with van der Waals surface area (Å²) in [6, 6.07) is 7.34. The number of guanidine groups is 1. The van der Waals surface area contributed by atoms with Gasteiger partial charge in [-0.15, -0.1) is 5.10 Å². The number of hydrogen-bond donors (Lipinski definition) is 3. The topological polar surface area (TPSA) is 108 Å². The van der Waals surface area contributed by atoms with Crippen LogP contribution in [0.15, 0.2) is 29.4 Å². The first-order chi connectivity index (χ1) is 10.6. The first kappa shape index (κ1) is 15.8. The lowest BCUT2D eigenvalue weighted by molar-refractivity contribution is -0.464. The smallest absolute Gasteiger partial charge is 0.362 e. The van der Waals surface area contributed by atoms with Gasteiger partial charge in [0, 0.05) is 13.1 Å². The van der Waals surface area contributed by atoms with Gasteiger partial charge < -0.3 is 9.64 Å². The van der Waals surface area contributed by atoms with Crippen molar-refractivity contribution in [2.75, 3.05) is 19.7 Å². The van der Waals surface area contributed by atoms with Crippen molar-refractivity contribution in [3.8, 4) is 5.75 Å². The van der Waals surface area contributed by atoms with Gasteiger partial charge >= 0.3 is 5.96 Å². The molecule has 1 heterocycles. The molecular formula is C15H22N5O2+. The fraction of sp³-hybridized carbons (Fsp3) is 0.400. The maximum Gasteiger partial charge on any atom is 0.362 e. The zero-order valence-electron chi connectivity index (χ0n) is 12.7. The number of rotatable bonds is 5. The standard InChI is InChI=1S/C15H21N5O2/c1-11(18-19-15(16)17)12-4-6-13(7-5-12)22-10-14(21)20-8-2-3-9-20/h4-7H,2-3,8-10H2,1H3,(H4,16,17,19)/p+1/b18-11-. The van der Waals surface area contributed by atoms with Crippen LogP contribution in [-0.2, 0) is 4.79 Å². The zero-order valence-corrected chi connectivity index (χ0v) is 12.7. The van der Waals surface area contributed by atoms with Gasteiger partial charge in [-0.2, -0.15) is 5.10 Å². The van der Waals surface area contributed by atoms with Crippen molar-refractivity contribution in [3.63, 3.8) is 0 Å². The highest BCUT2D eigenvalue weighted by Gasteiger charge is 2.17. The van der Waals surface area contributed by atoms with Crippen LogP contribution in [0.4, 0.5) is 0 Å². The third kappa shape index (κ3) is 4.47. The Morgan fingerprint density at radius 1 is 1.27 bits per heavy atom. The Balaban J connectivity index is 1.90. The lowest BCUT2D eigenvalue weighted by Gasteiger charge is -2.15. The summed E-state index contributed by atoms with van der Waals surface area (Å²) in [6.07, 6.45) is 2.16. The highest BCUT2D eigenvalue weighted by Crippen LogP contribution is 2.14. The fourth-order valence-corrected chi connectivity index (χ4v) is 2.21. The zero-order chi connectivity index (χ0) is 15.9. The van der Waals surface area contributed by atoms with Gasteiger partial charge in [-0.3, -0.25) is 16.3 Å². The molecule has 7 heteroatoms. The maximum absolute atomic E-state index is 11.9. The number of ether oxygens (including phenoxy) is 1. The summed E-state index contributed by atoms with van der Waals surface area (Å²) >= 11 is 0. The van der Waals surface area contributed by atoms with Crippen LogP contribution in [0, 0.1) is 0 Å². The first-order valence-electron chi connectivity index (χ1n) is 7.25. The van der Waals surface area contributed by atoms with Crippen molar-refractivity contribution >= 4 is 17.6 Å². The number of benzene rings is 1. The molecule has 1 aromatic carbocycles. The Labute approximate surface area is 129 Å². The third-order valence-corrected chi connectivity index (χ3v) is 3.45. The molecule has 1 fully saturated rings. The monoisotopic (exact) mass is 304 g/mol. The Hall–Kier alpha value is -2.57. The van der Waals surface area contributed by atoms with Crippen LogP contribution >= 0.6 is 0 Å². The SMILES string of the molecule is C/C(=N/[NH+]=C(N)N)c1ccc(OCC(=O)N2CCCC2)cc1. The summed E-state index contributed by atoms with van der Waals surface area (Å²) < 4.78 is 5.52. The molecule has 0 aromatic heterocycles. The average Bonchev–Trinajstić information content (AvgIpc) is 3.05. The number of nitrogens with zero attached hydrogens (tertiary/aromatic N) is 2. The quantitative estimate of drug-likeness (QED) is 0.359. The van der Waals surface area contributed by atoms with E-state index in [0.29, 0.717) is 5.75 Å². The molecule has 0 saturated carbocycles. The van der Waals surface area contributed by atoms with Crippen LogP contribution in [0.1, 0.15) is 25.3 Å². The van der Waals surface area contributed by atoms with Gasteiger partial charge in [-0.1, -0.05) is 0 Å². The summed E-state index contributed by atoms with van der Waals surface area (Å²) in [5.74, 6) is 0.735. The van der Waals surface area contributed by atoms with Gasteiger partial charge in [-0.05, 0) is 49.6 Å². The van der Waals surface area contributed by atoms with Gasteiger partial charge in [0.05, 0.1) is 5.71 Å². The molecule has 0 bridgehead atoms. The maximum atomic E-state index is 11.9. The predicted octanol–water partition coefficient (Wildman–Crippen LogP) is -1.23. The van der Waals surface area contributed by atoms with Crippen LogP contribution in [0.3, 0.4) is 0 Å². The second-order valence-electron chi connectivity index (χ2n) is 5.17. The van der Waals surface area contributed by atoms with E-state index in [2.05, 4.69) is 10.2 Å². The largest absolute Gasteiger partial charge is 0.484 e. The van der Waals surface area contributed by atoms with E-state index >= 15 is 0 Å². The minimum absolute atomic E-state index is 0.0393. The molecule has 7 nitrogen and oxygen atoms in total. The van der Waals surface area contributed by atoms with E-state index < -0.39 is 0 Å². The van der Waals surface area contributed by atoms with Gasteiger partial charge in [0.2, 0.25) is 0 Å². The van der Waals surface area contributed by atoms with Crippen LogP contribution in [0.5, 0.6) is 5.75 Å². The second kappa shape index (κ2) is 7.44. The molecule has 5 N–H and O–H groups in total. The Kier molecular flexibility index (Phi) is 5.35. The fourth-order valence-electron chi connectivity index (χ4n) is 2.21. The Morgan fingerprint density at radius 2 is 1.91 bits per heavy atom. The minimum Gasteiger partial charge on any atom is -0.484 e. The predicted molar refractivity (Wildman–Crippen MR) is 84.3 cm³/mol. The first-order valence-corrected chi connectivity index (χ1v) is 7.25. The van der Waals surface area contributed by atoms with Crippen molar-refractivity contribution in [1.29, 1.82) is 0 Å². The van der Waals surface area contributed by atoms with Crippen molar-refractivity contribution in [1.82, 2.24) is 4.90 Å². The number of hydrogen-bond acceptors (Lipinski definition) is 3. The lowest BCUT2D eigenvalue weighted by atomic mass is 10.1. The van der Waals surface area contributed by atoms with Crippen LogP contribution < -0.4 is 21.3 Å². The van der Waals surface area contributed by atoms with Crippen LogP contribution in [0.2, 0.25) is 0 Å². The highest BCUT2D eigenvalue weighted by atomic mass is 16.5. The molecule has 0 radical (unpaired) electrons. The molecule has 118 valence electrons. The number of nitrogens with two attached hydrogens (primary N) is 2. The number of carbonyl (C=O) groups is 1. The third-order valence-electron chi connectivity index (χ3n) is 3.45. The number of nitrogens with one attached hydrogen (secondary N) is 1. The molecule has 22 heavy (non-hydrogen) atoms. The molecule has 1 amide bonds. The molecule has 0 unspecified atom stereocenters. The van der Waals surface area contributed by atoms with E-state index in [9.17, 15) is 4.79 Å². The molecular weight excluding hydrogens is 282 g/mol. The van der Waals surface area contributed by atoms with E-state index in [4.69, 9.17) is 16.2 Å². The lowest BCUT2D eigenvalue weighted by Crippen LogP contribution is -2.72. The summed E-state index contributed by atoms with van der Waals surface area (Å²) in [6.45, 7) is 3.59. The van der Waals surface area contributed by atoms with E-state index in [1.54, 1.807) is 12.1 Å². The Morgan fingerprint density at radius 3 is 2.50 bits per heavy atom. The molecule has 0 spiro atoms.